The van der Waals surface area contributed by atoms with Crippen LogP contribution in [0, 0.1) is 0 Å². The van der Waals surface area contributed by atoms with Gasteiger partial charge in [0.15, 0.2) is 6.10 Å². The molecule has 0 bridgehead atoms. The fourth-order valence-corrected chi connectivity index (χ4v) is 10.5. The van der Waals surface area contributed by atoms with E-state index in [1.165, 1.54) is 231 Å². The quantitative estimate of drug-likeness (QED) is 0.0211. The van der Waals surface area contributed by atoms with Crippen LogP contribution in [-0.2, 0) is 33.3 Å². The van der Waals surface area contributed by atoms with Crippen LogP contribution >= 0.6 is 0 Å². The van der Waals surface area contributed by atoms with Crippen molar-refractivity contribution >= 4 is 17.9 Å². The molecule has 9 nitrogen and oxygen atoms in total. The molecular weight excluding hydrogens is 1050 g/mol. The molecule has 0 aromatic heterocycles. The third kappa shape index (κ3) is 68.1. The Labute approximate surface area is 526 Å². The highest BCUT2D eigenvalue weighted by atomic mass is 16.7. The molecule has 0 heterocycles. The first-order valence-corrected chi connectivity index (χ1v) is 36.1. The number of allylic oxidation sites excluding steroid dienone is 12. The smallest absolute Gasteiger partial charge is 0.361 e. The van der Waals surface area contributed by atoms with Crippen LogP contribution in [0.25, 0.3) is 0 Å². The molecule has 85 heavy (non-hydrogen) atoms. The molecule has 2 unspecified atom stereocenters. The van der Waals surface area contributed by atoms with Gasteiger partial charge < -0.3 is 28.5 Å². The summed E-state index contributed by atoms with van der Waals surface area (Å²) in [6.07, 6.45) is 85.9. The van der Waals surface area contributed by atoms with Crippen LogP contribution in [0.2, 0.25) is 0 Å². The molecule has 0 aliphatic heterocycles. The monoisotopic (exact) mass is 1190 g/mol. The first-order valence-electron chi connectivity index (χ1n) is 36.1. The molecule has 0 fully saturated rings. The Morgan fingerprint density at radius 3 is 1.00 bits per heavy atom. The Morgan fingerprint density at radius 1 is 0.365 bits per heavy atom. The highest BCUT2D eigenvalue weighted by Gasteiger charge is 2.25. The first-order chi connectivity index (χ1) is 41.6. The second-order valence-electron chi connectivity index (χ2n) is 25.5. The van der Waals surface area contributed by atoms with Crippen LogP contribution in [0.5, 0.6) is 0 Å². The Bertz CT molecular complexity index is 1620. The maximum atomic E-state index is 13.0. The van der Waals surface area contributed by atoms with Gasteiger partial charge in [0.1, 0.15) is 13.2 Å². The zero-order valence-corrected chi connectivity index (χ0v) is 56.5. The van der Waals surface area contributed by atoms with Crippen LogP contribution < -0.4 is 0 Å². The summed E-state index contributed by atoms with van der Waals surface area (Å²) in [5.41, 5.74) is 0. The number of rotatable bonds is 67. The Morgan fingerprint density at radius 2 is 0.671 bits per heavy atom. The molecule has 9 heteroatoms. The molecule has 0 rings (SSSR count). The molecule has 0 radical (unpaired) electrons. The van der Waals surface area contributed by atoms with Crippen molar-refractivity contribution in [2.24, 2.45) is 0 Å². The fourth-order valence-electron chi connectivity index (χ4n) is 10.5. The van der Waals surface area contributed by atoms with Crippen molar-refractivity contribution < 1.29 is 42.9 Å². The van der Waals surface area contributed by atoms with Crippen molar-refractivity contribution in [2.75, 3.05) is 47.5 Å². The van der Waals surface area contributed by atoms with Gasteiger partial charge in [0.05, 0.1) is 34.4 Å². The van der Waals surface area contributed by atoms with E-state index in [4.69, 9.17) is 18.9 Å². The SMILES string of the molecule is CC/C=C\C/C=C\C/C=C\C/C=C\C/C=C\C/C=C\CCCCCCCCCCCCCCCCCCCCC(=O)OC(COC(=O)CCCCCCCCCCCCCCCCCCCCCCCCC)COC(OCC[N+](C)(C)C)C(=O)O. The molecule has 0 saturated heterocycles. The average molecular weight is 1190 g/mol. The first kappa shape index (κ1) is 81.7. The van der Waals surface area contributed by atoms with Gasteiger partial charge in [0.2, 0.25) is 0 Å². The van der Waals surface area contributed by atoms with Gasteiger partial charge in [-0.1, -0.05) is 331 Å². The van der Waals surface area contributed by atoms with Crippen molar-refractivity contribution in [1.82, 2.24) is 0 Å². The maximum absolute atomic E-state index is 13.0. The standard InChI is InChI=1S/C76H137NO8/c1-6-8-10-12-14-16-18-20-22-24-26-28-30-31-32-33-34-35-36-37-38-39-40-41-42-43-45-47-49-51-53-55-57-59-61-63-65-67-74(79)85-72(71-84-76(75(80)81)82-69-68-77(3,4)5)70-83-73(78)66-64-62-60-58-56-54-52-50-48-46-44-29-27-25-23-21-19-17-15-13-11-9-7-2/h8,10,14,16,20,22,26,28,31-32,34-35,72,76H,6-7,9,11-13,15,17-19,21,23-25,27,29-30,33,36-71H2,1-5H3/p+1/b10-8-,16-14-,22-20-,28-26-,32-31-,35-34-. The van der Waals surface area contributed by atoms with E-state index in [0.717, 1.165) is 77.0 Å². The number of carbonyl (C=O) groups is 3. The summed E-state index contributed by atoms with van der Waals surface area (Å²) in [5.74, 6) is -1.98. The van der Waals surface area contributed by atoms with Gasteiger partial charge in [-0.3, -0.25) is 9.59 Å². The molecular formula is C76H138NO8+. The summed E-state index contributed by atoms with van der Waals surface area (Å²) < 4.78 is 23.0. The normalized spacial score (nSPS) is 13.1. The van der Waals surface area contributed by atoms with E-state index < -0.39 is 18.4 Å². The van der Waals surface area contributed by atoms with Crippen molar-refractivity contribution in [2.45, 2.75) is 347 Å². The van der Waals surface area contributed by atoms with Crippen molar-refractivity contribution in [3.05, 3.63) is 72.9 Å². The number of carbonyl (C=O) groups excluding carboxylic acids is 2. The molecule has 2 atom stereocenters. The summed E-state index contributed by atoms with van der Waals surface area (Å²) in [7, 11) is 5.99. The summed E-state index contributed by atoms with van der Waals surface area (Å²) in [5, 5.41) is 9.75. The van der Waals surface area contributed by atoms with E-state index in [2.05, 4.69) is 86.8 Å². The number of hydrogen-bond donors (Lipinski definition) is 1. The Kier molecular flexibility index (Phi) is 64.1. The Hall–Kier alpha value is -3.27. The number of carboxylic acids is 1. The van der Waals surface area contributed by atoms with Gasteiger partial charge in [-0.15, -0.1) is 0 Å². The number of ether oxygens (including phenoxy) is 4. The summed E-state index contributed by atoms with van der Waals surface area (Å²) in [4.78, 5) is 37.6. The number of aliphatic carboxylic acids is 1. The third-order valence-corrected chi connectivity index (χ3v) is 16.0. The predicted octanol–water partition coefficient (Wildman–Crippen LogP) is 22.5. The maximum Gasteiger partial charge on any atom is 0.361 e. The van der Waals surface area contributed by atoms with E-state index in [9.17, 15) is 19.5 Å². The van der Waals surface area contributed by atoms with Crippen LogP contribution in [0.1, 0.15) is 335 Å². The number of quaternary nitrogens is 1. The molecule has 0 spiro atoms. The average Bonchev–Trinajstić information content (AvgIpc) is 3.48. The van der Waals surface area contributed by atoms with Crippen LogP contribution in [0.3, 0.4) is 0 Å². The predicted molar refractivity (Wildman–Crippen MR) is 364 cm³/mol. The third-order valence-electron chi connectivity index (χ3n) is 16.0. The van der Waals surface area contributed by atoms with Gasteiger partial charge in [-0.25, -0.2) is 4.79 Å². The lowest BCUT2D eigenvalue weighted by Crippen LogP contribution is -2.40. The van der Waals surface area contributed by atoms with Gasteiger partial charge in [-0.2, -0.15) is 0 Å². The number of carboxylic acid groups (broad SMARTS) is 1. The van der Waals surface area contributed by atoms with Gasteiger partial charge in [0, 0.05) is 12.8 Å². The molecule has 0 aromatic carbocycles. The minimum atomic E-state index is -1.51. The lowest BCUT2D eigenvalue weighted by atomic mass is 10.0. The van der Waals surface area contributed by atoms with Gasteiger partial charge in [-0.05, 0) is 64.2 Å². The highest BCUT2D eigenvalue weighted by Crippen LogP contribution is 2.19. The highest BCUT2D eigenvalue weighted by molar-refractivity contribution is 5.71. The van der Waals surface area contributed by atoms with E-state index in [1.807, 2.05) is 21.1 Å². The molecule has 494 valence electrons. The molecule has 0 amide bonds. The molecule has 1 N–H and O–H groups in total. The molecule has 0 aliphatic rings. The van der Waals surface area contributed by atoms with Crippen LogP contribution in [0.15, 0.2) is 72.9 Å². The summed E-state index contributed by atoms with van der Waals surface area (Å²) >= 11 is 0. The zero-order chi connectivity index (χ0) is 61.9. The van der Waals surface area contributed by atoms with Crippen LogP contribution in [0.4, 0.5) is 0 Å². The van der Waals surface area contributed by atoms with Crippen LogP contribution in [-0.4, -0.2) is 87.4 Å². The lowest BCUT2D eigenvalue weighted by molar-refractivity contribution is -0.870. The minimum Gasteiger partial charge on any atom is -0.477 e. The van der Waals surface area contributed by atoms with Gasteiger partial charge in [0.25, 0.3) is 6.29 Å². The Balaban J connectivity index is 4.04. The lowest BCUT2D eigenvalue weighted by Gasteiger charge is -2.25. The van der Waals surface area contributed by atoms with E-state index in [1.54, 1.807) is 0 Å². The summed E-state index contributed by atoms with van der Waals surface area (Å²) in [6, 6.07) is 0. The number of nitrogens with zero attached hydrogens (tertiary/aromatic N) is 1. The van der Waals surface area contributed by atoms with Crippen molar-refractivity contribution in [3.63, 3.8) is 0 Å². The number of hydrogen-bond acceptors (Lipinski definition) is 7. The zero-order valence-electron chi connectivity index (χ0n) is 56.5. The number of esters is 2. The van der Waals surface area contributed by atoms with Crippen molar-refractivity contribution in [3.8, 4) is 0 Å². The number of likely N-dealkylation sites (N-methyl/N-ethyl adjacent to an activating group) is 1. The van der Waals surface area contributed by atoms with Crippen molar-refractivity contribution in [1.29, 1.82) is 0 Å². The molecule has 0 saturated carbocycles. The second-order valence-corrected chi connectivity index (χ2v) is 25.5. The van der Waals surface area contributed by atoms with Gasteiger partial charge >= 0.3 is 17.9 Å². The minimum absolute atomic E-state index is 0.178. The van der Waals surface area contributed by atoms with E-state index >= 15 is 0 Å². The fraction of sp³-hybridized carbons (Fsp3) is 0.803. The van der Waals surface area contributed by atoms with E-state index in [-0.39, 0.29) is 38.2 Å². The topological polar surface area (TPSA) is 108 Å². The second kappa shape index (κ2) is 66.7. The summed E-state index contributed by atoms with van der Waals surface area (Å²) in [6.45, 7) is 4.82. The molecule has 0 aliphatic carbocycles. The number of unbranched alkanes of at least 4 members (excludes halogenated alkanes) is 40. The van der Waals surface area contributed by atoms with E-state index in [0.29, 0.717) is 17.4 Å². The largest absolute Gasteiger partial charge is 0.477 e. The molecule has 0 aromatic rings.